The molecule has 0 amide bonds. The molecular formula is C21H46N2. The van der Waals surface area contributed by atoms with Gasteiger partial charge in [0, 0.05) is 6.54 Å². The standard InChI is InChI=1S/C19H39N.C2H7N/c1-3-5-6-7-8-9-10-11-12-13-14-15-16-17-19-20-18-4-2;1-3-2/h4,18,20H,3,5-17,19H2,1-2H3;3H,1-2H3. The molecule has 0 rings (SSSR count). The first-order valence-corrected chi connectivity index (χ1v) is 10.3. The van der Waals surface area contributed by atoms with Crippen LogP contribution in [0.2, 0.25) is 0 Å². The highest BCUT2D eigenvalue weighted by atomic mass is 14.8. The fourth-order valence-electron chi connectivity index (χ4n) is 2.62. The first kappa shape index (κ1) is 24.7. The van der Waals surface area contributed by atoms with Gasteiger partial charge in [0.05, 0.1) is 0 Å². The van der Waals surface area contributed by atoms with Crippen LogP contribution >= 0.6 is 0 Å². The first-order valence-electron chi connectivity index (χ1n) is 10.3. The molecule has 2 N–H and O–H groups in total. The highest BCUT2D eigenvalue weighted by Gasteiger charge is 1.93. The minimum Gasteiger partial charge on any atom is -0.391 e. The van der Waals surface area contributed by atoms with Crippen molar-refractivity contribution in [1.82, 2.24) is 10.6 Å². The number of hydrogen-bond acceptors (Lipinski definition) is 2. The fourth-order valence-corrected chi connectivity index (χ4v) is 2.62. The molecule has 23 heavy (non-hydrogen) atoms. The van der Waals surface area contributed by atoms with Gasteiger partial charge in [-0.2, -0.15) is 0 Å². The van der Waals surface area contributed by atoms with Gasteiger partial charge >= 0.3 is 0 Å². The molecule has 0 aliphatic heterocycles. The van der Waals surface area contributed by atoms with E-state index < -0.39 is 0 Å². The Kier molecular flexibility index (Phi) is 28.4. The predicted octanol–water partition coefficient (Wildman–Crippen LogP) is 6.43. The van der Waals surface area contributed by atoms with E-state index in [1.165, 1.54) is 89.9 Å². The average Bonchev–Trinajstić information content (AvgIpc) is 2.55. The molecule has 0 aliphatic rings. The van der Waals surface area contributed by atoms with E-state index in [-0.39, 0.29) is 0 Å². The maximum atomic E-state index is 3.30. The molecule has 0 aromatic carbocycles. The second kappa shape index (κ2) is 26.4. The zero-order valence-corrected chi connectivity index (χ0v) is 16.8. The summed E-state index contributed by atoms with van der Waals surface area (Å²) >= 11 is 0. The van der Waals surface area contributed by atoms with Gasteiger partial charge in [-0.05, 0) is 33.6 Å². The SMILES string of the molecule is CC=CNCCCCCCCCCCCCCCCC.CNC. The van der Waals surface area contributed by atoms with E-state index in [2.05, 4.69) is 30.6 Å². The third-order valence-electron chi connectivity index (χ3n) is 3.96. The van der Waals surface area contributed by atoms with Crippen LogP contribution in [0.15, 0.2) is 12.3 Å². The molecule has 0 aromatic rings. The quantitative estimate of drug-likeness (QED) is 0.319. The summed E-state index contributed by atoms with van der Waals surface area (Å²) in [5.74, 6) is 0. The lowest BCUT2D eigenvalue weighted by Crippen LogP contribution is -2.05. The van der Waals surface area contributed by atoms with Gasteiger partial charge in [0.1, 0.15) is 0 Å². The van der Waals surface area contributed by atoms with Crippen LogP contribution in [0.4, 0.5) is 0 Å². The van der Waals surface area contributed by atoms with Crippen molar-refractivity contribution < 1.29 is 0 Å². The monoisotopic (exact) mass is 326 g/mol. The van der Waals surface area contributed by atoms with Gasteiger partial charge in [0.2, 0.25) is 0 Å². The maximum absolute atomic E-state index is 3.30. The summed E-state index contributed by atoms with van der Waals surface area (Å²) in [5, 5.41) is 6.05. The van der Waals surface area contributed by atoms with Crippen molar-refractivity contribution in [3.8, 4) is 0 Å². The molecule has 0 saturated carbocycles. The summed E-state index contributed by atoms with van der Waals surface area (Å²) in [6.45, 7) is 5.49. The Morgan fingerprint density at radius 1 is 0.609 bits per heavy atom. The minimum atomic E-state index is 1.14. The van der Waals surface area contributed by atoms with E-state index in [4.69, 9.17) is 0 Å². The highest BCUT2D eigenvalue weighted by molar-refractivity contribution is 4.73. The molecular weight excluding hydrogens is 280 g/mol. The van der Waals surface area contributed by atoms with Crippen LogP contribution in [0.5, 0.6) is 0 Å². The van der Waals surface area contributed by atoms with Crippen LogP contribution < -0.4 is 10.6 Å². The molecule has 2 nitrogen and oxygen atoms in total. The number of hydrogen-bond donors (Lipinski definition) is 2. The molecule has 0 aliphatic carbocycles. The molecule has 2 heteroatoms. The van der Waals surface area contributed by atoms with Crippen molar-refractivity contribution >= 4 is 0 Å². The van der Waals surface area contributed by atoms with Crippen molar-refractivity contribution in [2.75, 3.05) is 20.6 Å². The maximum Gasteiger partial charge on any atom is 0.0141 e. The Morgan fingerprint density at radius 2 is 0.957 bits per heavy atom. The number of rotatable bonds is 16. The summed E-state index contributed by atoms with van der Waals surface area (Å²) in [6.07, 6.45) is 24.2. The second-order valence-corrected chi connectivity index (χ2v) is 6.55. The van der Waals surface area contributed by atoms with Crippen molar-refractivity contribution in [2.45, 2.75) is 104 Å². The van der Waals surface area contributed by atoms with Crippen LogP contribution in [0.25, 0.3) is 0 Å². The van der Waals surface area contributed by atoms with Crippen LogP contribution in [0, 0.1) is 0 Å². The number of nitrogens with one attached hydrogen (secondary N) is 2. The Hall–Kier alpha value is -0.500. The van der Waals surface area contributed by atoms with Gasteiger partial charge < -0.3 is 10.6 Å². The Labute approximate surface area is 147 Å². The van der Waals surface area contributed by atoms with Crippen molar-refractivity contribution in [3.63, 3.8) is 0 Å². The molecule has 140 valence electrons. The van der Waals surface area contributed by atoms with Gasteiger partial charge in [0.15, 0.2) is 0 Å². The molecule has 0 aromatic heterocycles. The molecule has 0 unspecified atom stereocenters. The first-order chi connectivity index (χ1) is 11.3. The van der Waals surface area contributed by atoms with E-state index in [1.807, 2.05) is 20.3 Å². The van der Waals surface area contributed by atoms with Crippen molar-refractivity contribution in [1.29, 1.82) is 0 Å². The summed E-state index contributed by atoms with van der Waals surface area (Å²) in [7, 11) is 3.75. The third kappa shape index (κ3) is 30.0. The summed E-state index contributed by atoms with van der Waals surface area (Å²) in [6, 6.07) is 0. The van der Waals surface area contributed by atoms with Gasteiger partial charge in [-0.1, -0.05) is 96.5 Å². The smallest absolute Gasteiger partial charge is 0.0141 e. The van der Waals surface area contributed by atoms with Gasteiger partial charge in [-0.3, -0.25) is 0 Å². The lowest BCUT2D eigenvalue weighted by Gasteiger charge is -2.03. The zero-order chi connectivity index (χ0) is 17.4. The molecule has 0 heterocycles. The van der Waals surface area contributed by atoms with E-state index in [9.17, 15) is 0 Å². The van der Waals surface area contributed by atoms with E-state index in [1.54, 1.807) is 0 Å². The van der Waals surface area contributed by atoms with Crippen LogP contribution in [-0.4, -0.2) is 20.6 Å². The summed E-state index contributed by atoms with van der Waals surface area (Å²) < 4.78 is 0. The zero-order valence-electron chi connectivity index (χ0n) is 16.8. The van der Waals surface area contributed by atoms with Crippen molar-refractivity contribution in [3.05, 3.63) is 12.3 Å². The fraction of sp³-hybridized carbons (Fsp3) is 0.905. The minimum absolute atomic E-state index is 1.14. The van der Waals surface area contributed by atoms with E-state index in [0.717, 1.165) is 6.54 Å². The van der Waals surface area contributed by atoms with Gasteiger partial charge in [-0.25, -0.2) is 0 Å². The topological polar surface area (TPSA) is 24.1 Å². The molecule has 0 bridgehead atoms. The molecule has 0 atom stereocenters. The average molecular weight is 327 g/mol. The van der Waals surface area contributed by atoms with Crippen LogP contribution in [0.3, 0.4) is 0 Å². The van der Waals surface area contributed by atoms with Gasteiger partial charge in [-0.15, -0.1) is 0 Å². The lowest BCUT2D eigenvalue weighted by molar-refractivity contribution is 0.534. The lowest BCUT2D eigenvalue weighted by atomic mass is 10.0. The summed E-state index contributed by atoms with van der Waals surface area (Å²) in [4.78, 5) is 0. The highest BCUT2D eigenvalue weighted by Crippen LogP contribution is 2.12. The van der Waals surface area contributed by atoms with E-state index in [0.29, 0.717) is 0 Å². The number of allylic oxidation sites excluding steroid dienone is 1. The third-order valence-corrected chi connectivity index (χ3v) is 3.96. The molecule has 0 radical (unpaired) electrons. The van der Waals surface area contributed by atoms with Crippen molar-refractivity contribution in [2.24, 2.45) is 0 Å². The van der Waals surface area contributed by atoms with Gasteiger partial charge in [0.25, 0.3) is 0 Å². The Morgan fingerprint density at radius 3 is 1.30 bits per heavy atom. The van der Waals surface area contributed by atoms with Crippen LogP contribution in [0.1, 0.15) is 104 Å². The normalized spacial score (nSPS) is 10.6. The molecule has 0 spiro atoms. The Bertz CT molecular complexity index is 202. The molecule has 0 saturated heterocycles. The van der Waals surface area contributed by atoms with E-state index >= 15 is 0 Å². The summed E-state index contributed by atoms with van der Waals surface area (Å²) in [5.41, 5.74) is 0. The van der Waals surface area contributed by atoms with Crippen LogP contribution in [-0.2, 0) is 0 Å². The second-order valence-electron chi connectivity index (χ2n) is 6.55. The predicted molar refractivity (Wildman–Crippen MR) is 108 cm³/mol. The number of unbranched alkanes of at least 4 members (excludes halogenated alkanes) is 13. The Balaban J connectivity index is 0. The largest absolute Gasteiger partial charge is 0.391 e. The molecule has 0 fully saturated rings.